The third-order valence-corrected chi connectivity index (χ3v) is 5.27. The number of hydrogen-bond acceptors (Lipinski definition) is 3. The van der Waals surface area contributed by atoms with Gasteiger partial charge in [0, 0.05) is 5.02 Å². The molecule has 0 aliphatic heterocycles. The van der Waals surface area contributed by atoms with Gasteiger partial charge < -0.3 is 5.73 Å². The summed E-state index contributed by atoms with van der Waals surface area (Å²) in [5, 5.41) is 0.643. The van der Waals surface area contributed by atoms with Gasteiger partial charge in [0.15, 0.2) is 0 Å². The van der Waals surface area contributed by atoms with Crippen LogP contribution in [0.4, 0.5) is 11.4 Å². The highest BCUT2D eigenvalue weighted by Gasteiger charge is 2.22. The number of nitrogen functional groups attached to an aromatic ring is 1. The number of sulfonamides is 1. The zero-order valence-corrected chi connectivity index (χ0v) is 13.8. The summed E-state index contributed by atoms with van der Waals surface area (Å²) >= 11 is 11.8. The van der Waals surface area contributed by atoms with Crippen molar-refractivity contribution in [3.8, 4) is 0 Å². The SMILES string of the molecule is Cc1ccc(N)c(S(=O)(=O)Nc2ccc(Cl)cc2Cl)c1C. The Balaban J connectivity index is 2.51. The molecule has 0 aromatic heterocycles. The molecule has 0 saturated heterocycles. The third kappa shape index (κ3) is 3.26. The van der Waals surface area contributed by atoms with Crippen LogP contribution in [0.25, 0.3) is 0 Å². The van der Waals surface area contributed by atoms with Crippen LogP contribution in [0.15, 0.2) is 35.2 Å². The molecule has 7 heteroatoms. The fraction of sp³-hybridized carbons (Fsp3) is 0.143. The van der Waals surface area contributed by atoms with Crippen molar-refractivity contribution >= 4 is 44.6 Å². The van der Waals surface area contributed by atoms with Gasteiger partial charge in [0.25, 0.3) is 10.0 Å². The molecular weight excluding hydrogens is 331 g/mol. The van der Waals surface area contributed by atoms with Crippen LogP contribution in [0.2, 0.25) is 10.0 Å². The fourth-order valence-corrected chi connectivity index (χ4v) is 3.96. The number of nitrogens with one attached hydrogen (secondary N) is 1. The minimum Gasteiger partial charge on any atom is -0.398 e. The monoisotopic (exact) mass is 344 g/mol. The number of benzene rings is 2. The van der Waals surface area contributed by atoms with E-state index in [4.69, 9.17) is 28.9 Å². The minimum atomic E-state index is -3.84. The normalized spacial score (nSPS) is 11.4. The number of anilines is 2. The summed E-state index contributed by atoms with van der Waals surface area (Å²) < 4.78 is 27.5. The van der Waals surface area contributed by atoms with E-state index in [2.05, 4.69) is 4.72 Å². The van der Waals surface area contributed by atoms with Crippen LogP contribution < -0.4 is 10.5 Å². The summed E-state index contributed by atoms with van der Waals surface area (Å²) in [4.78, 5) is 0.0634. The zero-order valence-electron chi connectivity index (χ0n) is 11.4. The molecule has 0 amide bonds. The lowest BCUT2D eigenvalue weighted by atomic mass is 10.1. The quantitative estimate of drug-likeness (QED) is 0.826. The molecule has 4 nitrogen and oxygen atoms in total. The van der Waals surface area contributed by atoms with E-state index in [1.165, 1.54) is 12.1 Å². The largest absolute Gasteiger partial charge is 0.398 e. The first kappa shape index (κ1) is 15.9. The van der Waals surface area contributed by atoms with Crippen LogP contribution in [0.3, 0.4) is 0 Å². The Morgan fingerprint density at radius 3 is 2.38 bits per heavy atom. The first-order valence-corrected chi connectivity index (χ1v) is 8.30. The molecule has 0 bridgehead atoms. The van der Waals surface area contributed by atoms with Gasteiger partial charge in [0.05, 0.1) is 16.4 Å². The molecule has 3 N–H and O–H groups in total. The maximum atomic E-state index is 12.5. The molecule has 112 valence electrons. The van der Waals surface area contributed by atoms with Crippen LogP contribution in [0.5, 0.6) is 0 Å². The fourth-order valence-electron chi connectivity index (χ4n) is 1.94. The smallest absolute Gasteiger partial charge is 0.264 e. The van der Waals surface area contributed by atoms with Gasteiger partial charge >= 0.3 is 0 Å². The lowest BCUT2D eigenvalue weighted by Gasteiger charge is -2.15. The van der Waals surface area contributed by atoms with Gasteiger partial charge in [0.2, 0.25) is 0 Å². The second-order valence-electron chi connectivity index (χ2n) is 4.66. The Labute approximate surface area is 133 Å². The molecule has 0 atom stereocenters. The van der Waals surface area contributed by atoms with E-state index >= 15 is 0 Å². The Bertz CT molecular complexity index is 805. The predicted molar refractivity (Wildman–Crippen MR) is 87.6 cm³/mol. The van der Waals surface area contributed by atoms with Gasteiger partial charge in [-0.2, -0.15) is 0 Å². The lowest BCUT2D eigenvalue weighted by Crippen LogP contribution is -2.17. The van der Waals surface area contributed by atoms with E-state index < -0.39 is 10.0 Å². The Kier molecular flexibility index (Phi) is 4.37. The van der Waals surface area contributed by atoms with E-state index in [0.717, 1.165) is 5.56 Å². The van der Waals surface area contributed by atoms with E-state index in [1.54, 1.807) is 25.1 Å². The number of rotatable bonds is 3. The third-order valence-electron chi connectivity index (χ3n) is 3.15. The standard InChI is InChI=1S/C14H14Cl2N2O2S/c1-8-3-5-12(17)14(9(8)2)21(19,20)18-13-6-4-10(15)7-11(13)16/h3-7,18H,17H2,1-2H3. The van der Waals surface area contributed by atoms with Gasteiger partial charge in [-0.1, -0.05) is 29.3 Å². The Morgan fingerprint density at radius 2 is 1.76 bits per heavy atom. The summed E-state index contributed by atoms with van der Waals surface area (Å²) in [5.74, 6) is 0. The molecule has 0 spiro atoms. The molecule has 0 radical (unpaired) electrons. The van der Waals surface area contributed by atoms with Crippen molar-refractivity contribution < 1.29 is 8.42 Å². The van der Waals surface area contributed by atoms with Crippen molar-refractivity contribution in [2.75, 3.05) is 10.5 Å². The second kappa shape index (κ2) is 5.75. The van der Waals surface area contributed by atoms with Gasteiger partial charge in [-0.05, 0) is 49.2 Å². The summed E-state index contributed by atoms with van der Waals surface area (Å²) in [5.41, 5.74) is 7.70. The first-order valence-electron chi connectivity index (χ1n) is 6.06. The zero-order chi connectivity index (χ0) is 15.8. The van der Waals surface area contributed by atoms with Crippen LogP contribution in [0.1, 0.15) is 11.1 Å². The van der Waals surface area contributed by atoms with E-state index in [1.807, 2.05) is 6.92 Å². The van der Waals surface area contributed by atoms with Crippen LogP contribution >= 0.6 is 23.2 Å². The van der Waals surface area contributed by atoms with Crippen molar-refractivity contribution in [2.24, 2.45) is 0 Å². The van der Waals surface area contributed by atoms with Crippen LogP contribution in [0, 0.1) is 13.8 Å². The highest BCUT2D eigenvalue weighted by atomic mass is 35.5. The van der Waals surface area contributed by atoms with Crippen molar-refractivity contribution in [2.45, 2.75) is 18.7 Å². The molecule has 0 aliphatic carbocycles. The molecule has 0 heterocycles. The minimum absolute atomic E-state index is 0.0634. The molecule has 2 aromatic rings. The summed E-state index contributed by atoms with van der Waals surface area (Å²) in [6, 6.07) is 7.87. The summed E-state index contributed by atoms with van der Waals surface area (Å²) in [7, 11) is -3.84. The number of aryl methyl sites for hydroxylation is 1. The molecule has 2 rings (SSSR count). The van der Waals surface area contributed by atoms with E-state index in [0.29, 0.717) is 10.6 Å². The molecule has 0 unspecified atom stereocenters. The van der Waals surface area contributed by atoms with Crippen molar-refractivity contribution in [1.29, 1.82) is 0 Å². The number of halogens is 2. The van der Waals surface area contributed by atoms with Crippen molar-refractivity contribution in [3.63, 3.8) is 0 Å². The van der Waals surface area contributed by atoms with Crippen LogP contribution in [-0.4, -0.2) is 8.42 Å². The average molecular weight is 345 g/mol. The summed E-state index contributed by atoms with van der Waals surface area (Å²) in [6.07, 6.45) is 0. The van der Waals surface area contributed by atoms with E-state index in [-0.39, 0.29) is 21.3 Å². The van der Waals surface area contributed by atoms with Gasteiger partial charge in [-0.15, -0.1) is 0 Å². The maximum Gasteiger partial charge on any atom is 0.264 e. The van der Waals surface area contributed by atoms with E-state index in [9.17, 15) is 8.42 Å². The second-order valence-corrected chi connectivity index (χ2v) is 7.12. The van der Waals surface area contributed by atoms with Gasteiger partial charge in [-0.25, -0.2) is 8.42 Å². The maximum absolute atomic E-state index is 12.5. The average Bonchev–Trinajstić information content (AvgIpc) is 2.37. The molecule has 2 aromatic carbocycles. The predicted octanol–water partition coefficient (Wildman–Crippen LogP) is 3.99. The number of nitrogens with two attached hydrogens (primary N) is 1. The first-order chi connectivity index (χ1) is 9.72. The highest BCUT2D eigenvalue weighted by Crippen LogP contribution is 2.31. The summed E-state index contributed by atoms with van der Waals surface area (Å²) in [6.45, 7) is 3.53. The topological polar surface area (TPSA) is 72.2 Å². The van der Waals surface area contributed by atoms with Crippen molar-refractivity contribution in [1.82, 2.24) is 0 Å². The van der Waals surface area contributed by atoms with Gasteiger partial charge in [0.1, 0.15) is 4.90 Å². The molecule has 0 saturated carbocycles. The number of hydrogen-bond donors (Lipinski definition) is 2. The lowest BCUT2D eigenvalue weighted by molar-refractivity contribution is 0.601. The highest BCUT2D eigenvalue weighted by molar-refractivity contribution is 7.93. The Morgan fingerprint density at radius 1 is 1.10 bits per heavy atom. The van der Waals surface area contributed by atoms with Gasteiger partial charge in [-0.3, -0.25) is 4.72 Å². The van der Waals surface area contributed by atoms with Crippen LogP contribution in [-0.2, 0) is 10.0 Å². The molecule has 21 heavy (non-hydrogen) atoms. The molecule has 0 fully saturated rings. The van der Waals surface area contributed by atoms with Crippen molar-refractivity contribution in [3.05, 3.63) is 51.5 Å². The molecule has 0 aliphatic rings. The Hall–Kier alpha value is -1.43. The molecular formula is C14H14Cl2N2O2S.